The third kappa shape index (κ3) is 3.89. The minimum Gasteiger partial charge on any atom is -0.383 e. The van der Waals surface area contributed by atoms with Gasteiger partial charge in [-0.25, -0.2) is 4.39 Å². The van der Waals surface area contributed by atoms with Crippen molar-refractivity contribution >= 4 is 24.0 Å². The first-order valence-electron chi connectivity index (χ1n) is 6.01. The number of benzene rings is 1. The van der Waals surface area contributed by atoms with Crippen molar-refractivity contribution in [3.8, 4) is 0 Å². The van der Waals surface area contributed by atoms with E-state index in [1.165, 1.54) is 12.1 Å². The monoisotopic (exact) mass is 288 g/mol. The van der Waals surface area contributed by atoms with Gasteiger partial charge in [-0.1, -0.05) is 6.07 Å². The highest BCUT2D eigenvalue weighted by molar-refractivity contribution is 5.96. The Morgan fingerprint density at radius 3 is 3.05 bits per heavy atom. The molecule has 1 N–H and O–H groups in total. The summed E-state index contributed by atoms with van der Waals surface area (Å²) in [6.45, 7) is 2.08. The number of nitrogens with one attached hydrogen (secondary N) is 1. The fraction of sp³-hybridized carbons (Fsp3) is 0.462. The quantitative estimate of drug-likeness (QED) is 0.832. The normalized spacial score (nSPS) is 13.1. The second kappa shape index (κ2) is 7.43. The molecule has 0 aromatic heterocycles. The van der Waals surface area contributed by atoms with Crippen LogP contribution in [0.25, 0.3) is 0 Å². The lowest BCUT2D eigenvalue weighted by Crippen LogP contribution is -2.38. The second-order valence-corrected chi connectivity index (χ2v) is 4.24. The van der Waals surface area contributed by atoms with Crippen LogP contribution in [0.15, 0.2) is 18.2 Å². The van der Waals surface area contributed by atoms with E-state index in [1.54, 1.807) is 18.1 Å². The molecule has 1 aliphatic rings. The first-order chi connectivity index (χ1) is 8.72. The molecule has 0 unspecified atom stereocenters. The van der Waals surface area contributed by atoms with Crippen LogP contribution in [0.4, 0.5) is 10.1 Å². The van der Waals surface area contributed by atoms with Gasteiger partial charge in [0.1, 0.15) is 5.82 Å². The molecule has 1 amide bonds. The number of carbonyl (C=O) groups excluding carboxylic acids is 1. The van der Waals surface area contributed by atoms with Crippen molar-refractivity contribution in [2.24, 2.45) is 0 Å². The number of hydrogen-bond donors (Lipinski definition) is 1. The molecule has 0 saturated heterocycles. The second-order valence-electron chi connectivity index (χ2n) is 4.24. The van der Waals surface area contributed by atoms with Crippen LogP contribution in [0.2, 0.25) is 0 Å². The molecule has 0 radical (unpaired) electrons. The van der Waals surface area contributed by atoms with Crippen LogP contribution in [0.5, 0.6) is 0 Å². The van der Waals surface area contributed by atoms with Gasteiger partial charge in [-0.15, -0.1) is 12.4 Å². The van der Waals surface area contributed by atoms with Crippen LogP contribution in [0.1, 0.15) is 5.56 Å². The topological polar surface area (TPSA) is 41.6 Å². The number of anilines is 1. The first kappa shape index (κ1) is 15.9. The van der Waals surface area contributed by atoms with Gasteiger partial charge in [0.2, 0.25) is 5.91 Å². The zero-order valence-corrected chi connectivity index (χ0v) is 11.6. The fourth-order valence-corrected chi connectivity index (χ4v) is 2.08. The summed E-state index contributed by atoms with van der Waals surface area (Å²) in [4.78, 5) is 13.6. The van der Waals surface area contributed by atoms with E-state index in [0.29, 0.717) is 25.4 Å². The number of rotatable bonds is 5. The maximum absolute atomic E-state index is 13.2. The highest BCUT2D eigenvalue weighted by atomic mass is 35.5. The standard InChI is InChI=1S/C13H17FN2O2.ClH/c1-18-7-5-15-9-13(17)16-6-4-10-2-3-11(14)8-12(10)16;/h2-3,8,15H,4-7,9H2,1H3;1H. The Labute approximate surface area is 118 Å². The third-order valence-electron chi connectivity index (χ3n) is 3.00. The molecule has 106 valence electrons. The average Bonchev–Trinajstić information content (AvgIpc) is 2.77. The van der Waals surface area contributed by atoms with Gasteiger partial charge < -0.3 is 15.0 Å². The lowest BCUT2D eigenvalue weighted by Gasteiger charge is -2.17. The maximum Gasteiger partial charge on any atom is 0.240 e. The van der Waals surface area contributed by atoms with E-state index in [1.807, 2.05) is 0 Å². The van der Waals surface area contributed by atoms with Gasteiger partial charge in [-0.05, 0) is 24.1 Å². The number of ether oxygens (including phenoxy) is 1. The van der Waals surface area contributed by atoms with E-state index in [2.05, 4.69) is 5.32 Å². The molecule has 0 saturated carbocycles. The summed E-state index contributed by atoms with van der Waals surface area (Å²) in [6.07, 6.45) is 0.791. The van der Waals surface area contributed by atoms with Gasteiger partial charge in [0, 0.05) is 25.9 Å². The zero-order chi connectivity index (χ0) is 13.0. The highest BCUT2D eigenvalue weighted by Crippen LogP contribution is 2.28. The van der Waals surface area contributed by atoms with Gasteiger partial charge in [-0.2, -0.15) is 0 Å². The van der Waals surface area contributed by atoms with E-state index >= 15 is 0 Å². The van der Waals surface area contributed by atoms with Crippen LogP contribution < -0.4 is 10.2 Å². The van der Waals surface area contributed by atoms with Crippen molar-refractivity contribution in [2.75, 3.05) is 38.3 Å². The Morgan fingerprint density at radius 1 is 1.53 bits per heavy atom. The fourth-order valence-electron chi connectivity index (χ4n) is 2.08. The van der Waals surface area contributed by atoms with Gasteiger partial charge in [-0.3, -0.25) is 4.79 Å². The number of fused-ring (bicyclic) bond motifs is 1. The minimum atomic E-state index is -0.305. The van der Waals surface area contributed by atoms with Gasteiger partial charge >= 0.3 is 0 Å². The molecule has 0 spiro atoms. The first-order valence-corrected chi connectivity index (χ1v) is 6.01. The largest absolute Gasteiger partial charge is 0.383 e. The summed E-state index contributed by atoms with van der Waals surface area (Å²) in [7, 11) is 1.61. The van der Waals surface area contributed by atoms with Crippen molar-refractivity contribution in [1.29, 1.82) is 0 Å². The Bertz CT molecular complexity index is 443. The lowest BCUT2D eigenvalue weighted by atomic mass is 10.2. The van der Waals surface area contributed by atoms with E-state index in [9.17, 15) is 9.18 Å². The Balaban J connectivity index is 0.00000180. The Kier molecular flexibility index (Phi) is 6.21. The van der Waals surface area contributed by atoms with Crippen LogP contribution >= 0.6 is 12.4 Å². The molecule has 6 heteroatoms. The van der Waals surface area contributed by atoms with E-state index in [0.717, 1.165) is 12.0 Å². The van der Waals surface area contributed by atoms with E-state index in [-0.39, 0.29) is 30.7 Å². The highest BCUT2D eigenvalue weighted by Gasteiger charge is 2.24. The van der Waals surface area contributed by atoms with Crippen molar-refractivity contribution in [1.82, 2.24) is 5.32 Å². The summed E-state index contributed by atoms with van der Waals surface area (Å²) in [5.74, 6) is -0.337. The predicted octanol–water partition coefficient (Wildman–Crippen LogP) is 1.37. The molecule has 4 nitrogen and oxygen atoms in total. The van der Waals surface area contributed by atoms with Crippen molar-refractivity contribution < 1.29 is 13.9 Å². The van der Waals surface area contributed by atoms with E-state index in [4.69, 9.17) is 4.74 Å². The molecule has 2 rings (SSSR count). The maximum atomic E-state index is 13.2. The molecule has 0 aliphatic carbocycles. The van der Waals surface area contributed by atoms with Gasteiger partial charge in [0.05, 0.1) is 13.2 Å². The molecular formula is C13H18ClFN2O2. The van der Waals surface area contributed by atoms with Crippen molar-refractivity contribution in [2.45, 2.75) is 6.42 Å². The molecule has 19 heavy (non-hydrogen) atoms. The summed E-state index contributed by atoms with van der Waals surface area (Å²) in [5.41, 5.74) is 1.73. The molecular weight excluding hydrogens is 271 g/mol. The average molecular weight is 289 g/mol. The minimum absolute atomic E-state index is 0. The summed E-state index contributed by atoms with van der Waals surface area (Å²) < 4.78 is 18.1. The summed E-state index contributed by atoms with van der Waals surface area (Å²) in [5, 5.41) is 3.00. The molecule has 0 bridgehead atoms. The van der Waals surface area contributed by atoms with Crippen LogP contribution in [0.3, 0.4) is 0 Å². The molecule has 1 aromatic carbocycles. The molecule has 0 fully saturated rings. The smallest absolute Gasteiger partial charge is 0.240 e. The number of carbonyl (C=O) groups is 1. The van der Waals surface area contributed by atoms with Gasteiger partial charge in [0.25, 0.3) is 0 Å². The van der Waals surface area contributed by atoms with Crippen molar-refractivity contribution in [3.63, 3.8) is 0 Å². The van der Waals surface area contributed by atoms with E-state index < -0.39 is 0 Å². The molecule has 1 heterocycles. The summed E-state index contributed by atoms with van der Waals surface area (Å²) in [6, 6.07) is 4.61. The van der Waals surface area contributed by atoms with Crippen molar-refractivity contribution in [3.05, 3.63) is 29.6 Å². The molecule has 1 aromatic rings. The number of nitrogens with zero attached hydrogens (tertiary/aromatic N) is 1. The molecule has 1 aliphatic heterocycles. The van der Waals surface area contributed by atoms with Gasteiger partial charge in [0.15, 0.2) is 0 Å². The predicted molar refractivity (Wildman–Crippen MR) is 74.5 cm³/mol. The number of hydrogen-bond acceptors (Lipinski definition) is 3. The lowest BCUT2D eigenvalue weighted by molar-refractivity contribution is -0.117. The Hall–Kier alpha value is -1.17. The van der Waals surface area contributed by atoms with Crippen LogP contribution in [0, 0.1) is 5.82 Å². The molecule has 0 atom stereocenters. The third-order valence-corrected chi connectivity index (χ3v) is 3.00. The zero-order valence-electron chi connectivity index (χ0n) is 10.8. The van der Waals surface area contributed by atoms with Crippen LogP contribution in [-0.4, -0.2) is 39.3 Å². The SMILES string of the molecule is COCCNCC(=O)N1CCc2ccc(F)cc21.Cl. The van der Waals surface area contributed by atoms with Crippen LogP contribution in [-0.2, 0) is 16.0 Å². The number of halogens is 2. The summed E-state index contributed by atoms with van der Waals surface area (Å²) >= 11 is 0. The number of amides is 1. The number of methoxy groups -OCH3 is 1. The Morgan fingerprint density at radius 2 is 2.32 bits per heavy atom.